The van der Waals surface area contributed by atoms with E-state index in [1.54, 1.807) is 7.05 Å². The highest BCUT2D eigenvalue weighted by molar-refractivity contribution is 7.98. The van der Waals surface area contributed by atoms with Crippen molar-refractivity contribution in [3.8, 4) is 0 Å². The van der Waals surface area contributed by atoms with Crippen LogP contribution >= 0.6 is 11.8 Å². The Kier molecular flexibility index (Phi) is 3.51. The highest BCUT2D eigenvalue weighted by atomic mass is 32.2. The summed E-state index contributed by atoms with van der Waals surface area (Å²) in [4.78, 5) is 22.2. The number of aryl methyl sites for hydroxylation is 1. The number of rotatable bonds is 3. The molecule has 0 bridgehead atoms. The molecule has 0 atom stereocenters. The van der Waals surface area contributed by atoms with Gasteiger partial charge >= 0.3 is 0 Å². The highest BCUT2D eigenvalue weighted by Crippen LogP contribution is 2.24. The molecule has 5 nitrogen and oxygen atoms in total. The Labute approximate surface area is 105 Å². The van der Waals surface area contributed by atoms with Crippen molar-refractivity contribution >= 4 is 23.5 Å². The van der Waals surface area contributed by atoms with Gasteiger partial charge in [-0.25, -0.2) is 9.97 Å². The quantitative estimate of drug-likeness (QED) is 0.633. The van der Waals surface area contributed by atoms with Gasteiger partial charge in [-0.15, -0.1) is 0 Å². The zero-order valence-corrected chi connectivity index (χ0v) is 11.0. The number of carbonyl (C=O) groups is 1. The van der Waals surface area contributed by atoms with E-state index >= 15 is 0 Å². The molecular weight excluding hydrogens is 236 g/mol. The van der Waals surface area contributed by atoms with Crippen molar-refractivity contribution in [1.29, 1.82) is 0 Å². The Balaban J connectivity index is 2.06. The van der Waals surface area contributed by atoms with Crippen molar-refractivity contribution in [3.05, 3.63) is 11.8 Å². The van der Waals surface area contributed by atoms with Crippen LogP contribution < -0.4 is 10.2 Å². The van der Waals surface area contributed by atoms with E-state index in [1.807, 2.05) is 19.2 Å². The molecule has 0 saturated carbocycles. The third-order valence-electron chi connectivity index (χ3n) is 2.83. The molecule has 1 aliphatic rings. The molecule has 0 unspecified atom stereocenters. The zero-order valence-electron chi connectivity index (χ0n) is 10.2. The first kappa shape index (κ1) is 12.2. The molecule has 0 aromatic carbocycles. The van der Waals surface area contributed by atoms with Crippen molar-refractivity contribution in [2.75, 3.05) is 31.3 Å². The highest BCUT2D eigenvalue weighted by Gasteiger charge is 2.33. The number of nitrogens with one attached hydrogen (secondary N) is 1. The summed E-state index contributed by atoms with van der Waals surface area (Å²) in [6.07, 6.45) is 1.96. The van der Waals surface area contributed by atoms with Crippen LogP contribution in [0.15, 0.2) is 11.2 Å². The van der Waals surface area contributed by atoms with Crippen LogP contribution in [0.3, 0.4) is 0 Å². The maximum atomic E-state index is 11.4. The lowest BCUT2D eigenvalue weighted by Gasteiger charge is -2.39. The predicted octanol–water partition coefficient (Wildman–Crippen LogP) is 0.689. The fourth-order valence-corrected chi connectivity index (χ4v) is 2.23. The van der Waals surface area contributed by atoms with Gasteiger partial charge in [0.1, 0.15) is 5.82 Å². The first-order valence-electron chi connectivity index (χ1n) is 5.50. The van der Waals surface area contributed by atoms with Crippen LogP contribution in [0.1, 0.15) is 5.69 Å². The number of aromatic nitrogens is 2. The molecule has 1 amide bonds. The molecule has 1 fully saturated rings. The number of hydrogen-bond acceptors (Lipinski definition) is 5. The minimum atomic E-state index is 0.0907. The monoisotopic (exact) mass is 252 g/mol. The molecule has 0 spiro atoms. The third-order valence-corrected chi connectivity index (χ3v) is 3.37. The molecule has 0 radical (unpaired) electrons. The zero-order chi connectivity index (χ0) is 12.4. The Morgan fingerprint density at radius 2 is 2.24 bits per heavy atom. The van der Waals surface area contributed by atoms with Gasteiger partial charge in [-0.05, 0) is 13.2 Å². The number of hydrogen-bond donors (Lipinski definition) is 1. The molecule has 17 heavy (non-hydrogen) atoms. The summed E-state index contributed by atoms with van der Waals surface area (Å²) >= 11 is 1.53. The number of nitrogens with zero attached hydrogens (tertiary/aromatic N) is 3. The maximum absolute atomic E-state index is 11.4. The summed E-state index contributed by atoms with van der Waals surface area (Å²) in [5, 5.41) is 3.45. The fraction of sp³-hybridized carbons (Fsp3) is 0.545. The van der Waals surface area contributed by atoms with E-state index in [9.17, 15) is 4.79 Å². The molecule has 1 N–H and O–H groups in total. The van der Waals surface area contributed by atoms with Gasteiger partial charge < -0.3 is 10.2 Å². The lowest BCUT2D eigenvalue weighted by atomic mass is 9.99. The van der Waals surface area contributed by atoms with E-state index in [0.29, 0.717) is 0 Å². The molecule has 0 aliphatic carbocycles. The van der Waals surface area contributed by atoms with E-state index in [-0.39, 0.29) is 11.8 Å². The first-order valence-corrected chi connectivity index (χ1v) is 6.72. The summed E-state index contributed by atoms with van der Waals surface area (Å²) in [6.45, 7) is 3.44. The van der Waals surface area contributed by atoms with Crippen molar-refractivity contribution in [2.45, 2.75) is 12.1 Å². The van der Waals surface area contributed by atoms with E-state index < -0.39 is 0 Å². The summed E-state index contributed by atoms with van der Waals surface area (Å²) in [6, 6.07) is 1.96. The first-order chi connectivity index (χ1) is 8.13. The molecule has 1 aromatic heterocycles. The lowest BCUT2D eigenvalue weighted by molar-refractivity contribution is -0.125. The summed E-state index contributed by atoms with van der Waals surface area (Å²) in [7, 11) is 1.67. The molecule has 1 saturated heterocycles. The molecule has 2 rings (SSSR count). The lowest BCUT2D eigenvalue weighted by Crippen LogP contribution is -2.53. The Morgan fingerprint density at radius 3 is 2.82 bits per heavy atom. The van der Waals surface area contributed by atoms with Crippen LogP contribution in [0.2, 0.25) is 0 Å². The fourth-order valence-electron chi connectivity index (χ4n) is 1.81. The van der Waals surface area contributed by atoms with Crippen LogP contribution in [0, 0.1) is 12.8 Å². The molecular formula is C11H16N4OS. The van der Waals surface area contributed by atoms with E-state index in [1.165, 1.54) is 11.8 Å². The second kappa shape index (κ2) is 4.91. The largest absolute Gasteiger partial charge is 0.359 e. The molecule has 1 aromatic rings. The third kappa shape index (κ3) is 2.52. The molecule has 92 valence electrons. The second-order valence-corrected chi connectivity index (χ2v) is 4.84. The van der Waals surface area contributed by atoms with Crippen LogP contribution in [0.25, 0.3) is 0 Å². The molecule has 1 aliphatic heterocycles. The van der Waals surface area contributed by atoms with Gasteiger partial charge in [0, 0.05) is 31.9 Å². The second-order valence-electron chi connectivity index (χ2n) is 4.07. The normalized spacial score (nSPS) is 15.6. The summed E-state index contributed by atoms with van der Waals surface area (Å²) < 4.78 is 0. The van der Waals surface area contributed by atoms with Gasteiger partial charge in [-0.3, -0.25) is 4.79 Å². The Morgan fingerprint density at radius 1 is 1.53 bits per heavy atom. The molecule has 2 heterocycles. The van der Waals surface area contributed by atoms with Gasteiger partial charge in [0.2, 0.25) is 5.91 Å². The average molecular weight is 252 g/mol. The maximum Gasteiger partial charge on any atom is 0.226 e. The SMILES string of the molecule is CNC(=O)C1CN(c2cc(C)nc(SC)n2)C1. The van der Waals surface area contributed by atoms with E-state index in [0.717, 1.165) is 29.8 Å². The number of anilines is 1. The number of carbonyl (C=O) groups excluding carboxylic acids is 1. The van der Waals surface area contributed by atoms with Crippen LogP contribution in [0.5, 0.6) is 0 Å². The van der Waals surface area contributed by atoms with Gasteiger partial charge in [0.25, 0.3) is 0 Å². The Hall–Kier alpha value is -1.30. The van der Waals surface area contributed by atoms with Gasteiger partial charge in [0.15, 0.2) is 5.16 Å². The van der Waals surface area contributed by atoms with E-state index in [2.05, 4.69) is 20.2 Å². The van der Waals surface area contributed by atoms with Gasteiger partial charge in [-0.2, -0.15) is 0 Å². The predicted molar refractivity (Wildman–Crippen MR) is 68.3 cm³/mol. The van der Waals surface area contributed by atoms with Crippen LogP contribution in [-0.4, -0.2) is 42.3 Å². The number of thioether (sulfide) groups is 1. The van der Waals surface area contributed by atoms with E-state index in [4.69, 9.17) is 0 Å². The van der Waals surface area contributed by atoms with Gasteiger partial charge in [-0.1, -0.05) is 11.8 Å². The van der Waals surface area contributed by atoms with Crippen molar-refractivity contribution in [3.63, 3.8) is 0 Å². The van der Waals surface area contributed by atoms with Crippen molar-refractivity contribution in [1.82, 2.24) is 15.3 Å². The topological polar surface area (TPSA) is 58.1 Å². The van der Waals surface area contributed by atoms with Crippen molar-refractivity contribution < 1.29 is 4.79 Å². The Bertz CT molecular complexity index is 431. The minimum Gasteiger partial charge on any atom is -0.359 e. The standard InChI is InChI=1S/C11H16N4OS/c1-7-4-9(14-11(13-7)17-3)15-5-8(6-15)10(16)12-2/h4,8H,5-6H2,1-3H3,(H,12,16). The smallest absolute Gasteiger partial charge is 0.226 e. The minimum absolute atomic E-state index is 0.0907. The van der Waals surface area contributed by atoms with Crippen LogP contribution in [0.4, 0.5) is 5.82 Å². The van der Waals surface area contributed by atoms with Crippen LogP contribution in [-0.2, 0) is 4.79 Å². The number of amides is 1. The average Bonchev–Trinajstić information content (AvgIpc) is 2.26. The molecule has 6 heteroatoms. The summed E-state index contributed by atoms with van der Waals surface area (Å²) in [5.41, 5.74) is 0.961. The summed E-state index contributed by atoms with van der Waals surface area (Å²) in [5.74, 6) is 1.12. The van der Waals surface area contributed by atoms with Crippen molar-refractivity contribution in [2.24, 2.45) is 5.92 Å². The van der Waals surface area contributed by atoms with Gasteiger partial charge in [0.05, 0.1) is 5.92 Å².